The number of nitrogens with zero attached hydrogens (tertiary/aromatic N) is 2. The van der Waals surface area contributed by atoms with E-state index >= 15 is 0 Å². The summed E-state index contributed by atoms with van der Waals surface area (Å²) in [4.78, 5) is 10.6. The number of nitrogens with two attached hydrogens (primary N) is 1. The van der Waals surface area contributed by atoms with E-state index in [1.54, 1.807) is 11.3 Å². The Morgan fingerprint density at radius 3 is 2.80 bits per heavy atom. The summed E-state index contributed by atoms with van der Waals surface area (Å²) in [5.41, 5.74) is 3.60. The largest absolute Gasteiger partial charge is 0.438 e. The molecule has 2 aromatic heterocycles. The Labute approximate surface area is 120 Å². The van der Waals surface area contributed by atoms with Crippen LogP contribution in [0.3, 0.4) is 0 Å². The number of thiophene rings is 1. The summed E-state index contributed by atoms with van der Waals surface area (Å²) in [6, 6.07) is 9.85. The highest BCUT2D eigenvalue weighted by atomic mass is 32.1. The van der Waals surface area contributed by atoms with Crippen molar-refractivity contribution < 1.29 is 4.74 Å². The van der Waals surface area contributed by atoms with Crippen LogP contribution >= 0.6 is 11.3 Å². The van der Waals surface area contributed by atoms with Gasteiger partial charge < -0.3 is 4.74 Å². The van der Waals surface area contributed by atoms with Crippen molar-refractivity contribution in [3.8, 4) is 11.6 Å². The van der Waals surface area contributed by atoms with Crippen LogP contribution in [-0.4, -0.2) is 9.97 Å². The molecule has 3 aromatic rings. The van der Waals surface area contributed by atoms with Gasteiger partial charge in [0.25, 0.3) is 0 Å². The zero-order chi connectivity index (χ0) is 14.1. The highest BCUT2D eigenvalue weighted by Gasteiger charge is 2.12. The van der Waals surface area contributed by atoms with Crippen LogP contribution < -0.4 is 16.0 Å². The zero-order valence-corrected chi connectivity index (χ0v) is 12.0. The third-order valence-electron chi connectivity index (χ3n) is 2.81. The molecule has 6 heteroatoms. The van der Waals surface area contributed by atoms with Crippen molar-refractivity contribution >= 4 is 27.5 Å². The monoisotopic (exact) mass is 286 g/mol. The van der Waals surface area contributed by atoms with Gasteiger partial charge in [-0.15, -0.1) is 11.3 Å². The summed E-state index contributed by atoms with van der Waals surface area (Å²) in [6.45, 7) is 4.04. The van der Waals surface area contributed by atoms with Gasteiger partial charge in [0.15, 0.2) is 0 Å². The van der Waals surface area contributed by atoms with Gasteiger partial charge in [-0.2, -0.15) is 4.98 Å². The third kappa shape index (κ3) is 2.43. The molecule has 102 valence electrons. The first kappa shape index (κ1) is 12.8. The quantitative estimate of drug-likeness (QED) is 0.570. The van der Waals surface area contributed by atoms with Crippen LogP contribution in [0.15, 0.2) is 30.3 Å². The van der Waals surface area contributed by atoms with Gasteiger partial charge in [0.1, 0.15) is 10.6 Å². The summed E-state index contributed by atoms with van der Waals surface area (Å²) >= 11 is 1.58. The minimum absolute atomic E-state index is 0.349. The van der Waals surface area contributed by atoms with Crippen molar-refractivity contribution in [3.05, 3.63) is 40.8 Å². The van der Waals surface area contributed by atoms with E-state index in [1.165, 1.54) is 0 Å². The lowest BCUT2D eigenvalue weighted by atomic mass is 10.2. The summed E-state index contributed by atoms with van der Waals surface area (Å²) in [5, 5.41) is 0.896. The summed E-state index contributed by atoms with van der Waals surface area (Å²) < 4.78 is 5.89. The Kier molecular flexibility index (Phi) is 3.25. The van der Waals surface area contributed by atoms with E-state index in [-0.39, 0.29) is 0 Å². The number of aromatic nitrogens is 2. The lowest BCUT2D eigenvalue weighted by molar-refractivity contribution is 0.468. The van der Waals surface area contributed by atoms with Gasteiger partial charge in [-0.3, -0.25) is 5.43 Å². The van der Waals surface area contributed by atoms with E-state index < -0.39 is 0 Å². The molecule has 2 heterocycles. The smallest absolute Gasteiger partial charge is 0.241 e. The molecule has 0 aliphatic rings. The molecule has 20 heavy (non-hydrogen) atoms. The lowest BCUT2D eigenvalue weighted by Crippen LogP contribution is -2.10. The van der Waals surface area contributed by atoms with Gasteiger partial charge in [-0.1, -0.05) is 12.1 Å². The molecule has 3 N–H and O–H groups in total. The molecule has 0 bridgehead atoms. The average molecular weight is 286 g/mol. The first-order chi connectivity index (χ1) is 9.65. The predicted octanol–water partition coefficient (Wildman–Crippen LogP) is 3.39. The molecule has 0 fully saturated rings. The number of rotatable bonds is 3. The molecule has 0 saturated heterocycles. The molecule has 5 nitrogen and oxygen atoms in total. The highest BCUT2D eigenvalue weighted by molar-refractivity contribution is 7.18. The zero-order valence-electron chi connectivity index (χ0n) is 11.2. The fourth-order valence-electron chi connectivity index (χ4n) is 1.95. The second-order valence-corrected chi connectivity index (χ2v) is 5.73. The molecule has 0 spiro atoms. The van der Waals surface area contributed by atoms with Crippen molar-refractivity contribution in [1.29, 1.82) is 0 Å². The van der Waals surface area contributed by atoms with Crippen LogP contribution in [0.5, 0.6) is 11.6 Å². The molecular formula is C14H14N4OS. The number of nitrogens with one attached hydrogen (secondary N) is 1. The number of fused-ring (bicyclic) bond motifs is 1. The van der Waals surface area contributed by atoms with Crippen LogP contribution in [0, 0.1) is 13.8 Å². The van der Waals surface area contributed by atoms with E-state index in [2.05, 4.69) is 15.4 Å². The highest BCUT2D eigenvalue weighted by Crippen LogP contribution is 2.33. The molecule has 0 radical (unpaired) electrons. The van der Waals surface area contributed by atoms with E-state index in [4.69, 9.17) is 10.6 Å². The van der Waals surface area contributed by atoms with Crippen molar-refractivity contribution in [2.24, 2.45) is 5.84 Å². The van der Waals surface area contributed by atoms with Gasteiger partial charge in [0.05, 0.1) is 5.39 Å². The average Bonchev–Trinajstić information content (AvgIpc) is 2.79. The van der Waals surface area contributed by atoms with Crippen molar-refractivity contribution in [2.45, 2.75) is 13.8 Å². The first-order valence-electron chi connectivity index (χ1n) is 6.15. The van der Waals surface area contributed by atoms with Gasteiger partial charge >= 0.3 is 0 Å². The molecule has 0 aliphatic heterocycles. The molecule has 0 atom stereocenters. The molecule has 0 unspecified atom stereocenters. The van der Waals surface area contributed by atoms with Gasteiger partial charge in [0.2, 0.25) is 11.8 Å². The van der Waals surface area contributed by atoms with E-state index in [0.29, 0.717) is 11.8 Å². The van der Waals surface area contributed by atoms with Crippen LogP contribution in [0.2, 0.25) is 0 Å². The predicted molar refractivity (Wildman–Crippen MR) is 81.2 cm³/mol. The fourth-order valence-corrected chi connectivity index (χ4v) is 2.82. The van der Waals surface area contributed by atoms with Crippen LogP contribution in [0.1, 0.15) is 10.4 Å². The second kappa shape index (κ2) is 5.07. The maximum atomic E-state index is 5.89. The summed E-state index contributed by atoms with van der Waals surface area (Å²) in [7, 11) is 0. The maximum absolute atomic E-state index is 5.89. The van der Waals surface area contributed by atoms with Gasteiger partial charge in [-0.05, 0) is 37.6 Å². The van der Waals surface area contributed by atoms with Crippen LogP contribution in [0.4, 0.5) is 5.95 Å². The Morgan fingerprint density at radius 2 is 2.05 bits per heavy atom. The topological polar surface area (TPSA) is 73.1 Å². The maximum Gasteiger partial charge on any atom is 0.241 e. The summed E-state index contributed by atoms with van der Waals surface area (Å²) in [5.74, 6) is 7.02. The minimum Gasteiger partial charge on any atom is -0.438 e. The van der Waals surface area contributed by atoms with Crippen molar-refractivity contribution in [1.82, 2.24) is 9.97 Å². The van der Waals surface area contributed by atoms with E-state index in [9.17, 15) is 0 Å². The van der Waals surface area contributed by atoms with E-state index in [1.807, 2.05) is 44.2 Å². The molecular weight excluding hydrogens is 272 g/mol. The molecule has 0 aliphatic carbocycles. The number of benzene rings is 1. The van der Waals surface area contributed by atoms with Crippen LogP contribution in [-0.2, 0) is 0 Å². The van der Waals surface area contributed by atoms with Crippen molar-refractivity contribution in [3.63, 3.8) is 0 Å². The number of aryl methyl sites for hydroxylation is 2. The van der Waals surface area contributed by atoms with E-state index in [0.717, 1.165) is 26.4 Å². The van der Waals surface area contributed by atoms with Gasteiger partial charge in [0, 0.05) is 4.88 Å². The minimum atomic E-state index is 0.349. The number of nitrogen functional groups attached to an aromatic ring is 1. The Morgan fingerprint density at radius 1 is 1.20 bits per heavy atom. The second-order valence-electron chi connectivity index (χ2n) is 4.49. The Bertz CT molecular complexity index is 769. The fraction of sp³-hybridized carbons (Fsp3) is 0.143. The van der Waals surface area contributed by atoms with Crippen molar-refractivity contribution in [2.75, 3.05) is 5.43 Å². The number of hydrogen-bond acceptors (Lipinski definition) is 6. The Hall–Kier alpha value is -2.18. The van der Waals surface area contributed by atoms with Crippen LogP contribution in [0.25, 0.3) is 10.2 Å². The SMILES string of the molecule is Cc1cccc(Oc2nc(NN)nc3sc(C)cc23)c1. The first-order valence-corrected chi connectivity index (χ1v) is 6.96. The number of ether oxygens (including phenoxy) is 1. The number of hydrogen-bond donors (Lipinski definition) is 2. The molecule has 3 rings (SSSR count). The van der Waals surface area contributed by atoms with Gasteiger partial charge in [-0.25, -0.2) is 10.8 Å². The molecule has 0 amide bonds. The molecule has 0 saturated carbocycles. The molecule has 1 aromatic carbocycles. The third-order valence-corrected chi connectivity index (χ3v) is 3.76. The summed E-state index contributed by atoms with van der Waals surface area (Å²) in [6.07, 6.45) is 0. The normalized spacial score (nSPS) is 10.8. The Balaban J connectivity index is 2.09. The number of hydrazine groups is 1. The standard InChI is InChI=1S/C14H14N4OS/c1-8-4-3-5-10(6-8)19-12-11-7-9(2)20-13(11)17-14(16-12)18-15/h3-7H,15H2,1-2H3,(H,16,17,18). The number of anilines is 1. The lowest BCUT2D eigenvalue weighted by Gasteiger charge is -2.08.